The molecule has 8 N–H and O–H groups in total. The molecule has 0 spiro atoms. The van der Waals surface area contributed by atoms with Crippen LogP contribution in [0.25, 0.3) is 0 Å². The van der Waals surface area contributed by atoms with Gasteiger partial charge in [-0.25, -0.2) is 18.0 Å². The van der Waals surface area contributed by atoms with Gasteiger partial charge in [-0.3, -0.25) is 10.2 Å². The summed E-state index contributed by atoms with van der Waals surface area (Å²) in [6.07, 6.45) is 2.00. The minimum atomic E-state index is -3.91. The fourth-order valence-corrected chi connectivity index (χ4v) is 5.10. The third-order valence-electron chi connectivity index (χ3n) is 5.14. The molecule has 3 amide bonds. The molecule has 1 aliphatic rings. The smallest absolute Gasteiger partial charge is 0.328 e. The van der Waals surface area contributed by atoms with Gasteiger partial charge in [-0.05, 0) is 37.8 Å². The molecule has 1 fully saturated rings. The number of hydrogen-bond acceptors (Lipinski definition) is 6. The third kappa shape index (κ3) is 7.88. The van der Waals surface area contributed by atoms with E-state index in [1.807, 2.05) is 0 Å². The van der Waals surface area contributed by atoms with Crippen LogP contribution in [0.1, 0.15) is 25.7 Å². The highest BCUT2D eigenvalue weighted by atomic mass is 32.2. The first kappa shape index (κ1) is 26.9. The highest BCUT2D eigenvalue weighted by Crippen LogP contribution is 2.26. The Hall–Kier alpha value is -3.39. The molecule has 1 saturated heterocycles. The zero-order chi connectivity index (χ0) is 25.1. The van der Waals surface area contributed by atoms with Crippen molar-refractivity contribution in [2.75, 3.05) is 26.2 Å². The van der Waals surface area contributed by atoms with Gasteiger partial charge in [-0.15, -0.1) is 0 Å². The summed E-state index contributed by atoms with van der Waals surface area (Å²) < 4.78 is 26.9. The van der Waals surface area contributed by atoms with Crippen LogP contribution in [0.3, 0.4) is 0 Å². The van der Waals surface area contributed by atoms with Crippen LogP contribution in [0.15, 0.2) is 35.2 Å². The predicted octanol–water partition coefficient (Wildman–Crippen LogP) is -1.03. The maximum absolute atomic E-state index is 12.9. The number of benzene rings is 1. The summed E-state index contributed by atoms with van der Waals surface area (Å²) >= 11 is 0. The second-order valence-corrected chi connectivity index (χ2v) is 9.56. The van der Waals surface area contributed by atoms with E-state index in [9.17, 15) is 27.9 Å². The van der Waals surface area contributed by atoms with Crippen LogP contribution in [-0.4, -0.2) is 80.0 Å². The Bertz CT molecular complexity index is 973. The summed E-state index contributed by atoms with van der Waals surface area (Å²) in [4.78, 5) is 36.3. The molecule has 13 nitrogen and oxygen atoms in total. The van der Waals surface area contributed by atoms with Gasteiger partial charge < -0.3 is 32.1 Å². The van der Waals surface area contributed by atoms with Gasteiger partial charge >= 0.3 is 12.0 Å². The number of amides is 3. The number of rotatable bonds is 12. The number of nitrogens with one attached hydrogen (secondary N) is 5. The molecule has 34 heavy (non-hydrogen) atoms. The van der Waals surface area contributed by atoms with Crippen LogP contribution >= 0.6 is 0 Å². The molecule has 0 aromatic heterocycles. The normalized spacial score (nSPS) is 16.9. The first-order valence-electron chi connectivity index (χ1n) is 10.8. The zero-order valence-electron chi connectivity index (χ0n) is 18.6. The number of sulfonamides is 1. The quantitative estimate of drug-likeness (QED) is 0.108. The fourth-order valence-electron chi connectivity index (χ4n) is 3.42. The highest BCUT2D eigenvalue weighted by molar-refractivity contribution is 7.89. The number of carboxylic acids is 1. The molecular weight excluding hydrogens is 466 g/mol. The summed E-state index contributed by atoms with van der Waals surface area (Å²) in [5.41, 5.74) is 5.16. The molecule has 0 bridgehead atoms. The van der Waals surface area contributed by atoms with E-state index in [4.69, 9.17) is 11.1 Å². The van der Waals surface area contributed by atoms with E-state index in [2.05, 4.69) is 21.3 Å². The summed E-state index contributed by atoms with van der Waals surface area (Å²) in [5.74, 6) is -2.23. The SMILES string of the molecule is N=C(N)NCCCCNC(=O)NCC(NC(=O)C1CCCN1S(=O)(=O)c1ccccc1)C(=O)O. The molecule has 1 heterocycles. The standard InChI is InChI=1S/C20H31N7O6S/c21-19(22)23-10-4-5-11-24-20(31)25-13-15(18(29)30)26-17(28)16-9-6-12-27(16)34(32,33)14-7-2-1-3-8-14/h1-3,7-8,15-16H,4-6,9-13H2,(H,26,28)(H,29,30)(H4,21,22,23)(H2,24,25,31). The molecule has 1 aromatic carbocycles. The van der Waals surface area contributed by atoms with Crippen molar-refractivity contribution in [3.63, 3.8) is 0 Å². The van der Waals surface area contributed by atoms with E-state index >= 15 is 0 Å². The van der Waals surface area contributed by atoms with Crippen LogP contribution in [0, 0.1) is 5.41 Å². The Labute approximate surface area is 198 Å². The van der Waals surface area contributed by atoms with Gasteiger partial charge in [0.25, 0.3) is 0 Å². The van der Waals surface area contributed by atoms with Crippen molar-refractivity contribution in [3.8, 4) is 0 Å². The predicted molar refractivity (Wildman–Crippen MR) is 123 cm³/mol. The van der Waals surface area contributed by atoms with Crippen LogP contribution < -0.4 is 27.0 Å². The number of carbonyl (C=O) groups excluding carboxylic acids is 2. The average molecular weight is 498 g/mol. The Morgan fingerprint density at radius 1 is 1.12 bits per heavy atom. The van der Waals surface area contributed by atoms with Crippen LogP contribution in [-0.2, 0) is 19.6 Å². The molecule has 0 saturated carbocycles. The number of unbranched alkanes of at least 4 members (excludes halogenated alkanes) is 1. The number of hydrogen-bond donors (Lipinski definition) is 7. The van der Waals surface area contributed by atoms with E-state index in [0.717, 1.165) is 4.31 Å². The summed E-state index contributed by atoms with van der Waals surface area (Å²) in [6, 6.07) is 4.64. The molecular formula is C20H31N7O6S. The number of nitrogens with two attached hydrogens (primary N) is 1. The second kappa shape index (κ2) is 12.7. The average Bonchev–Trinajstić information content (AvgIpc) is 3.30. The van der Waals surface area contributed by atoms with Gasteiger partial charge in [0.2, 0.25) is 15.9 Å². The summed E-state index contributed by atoms with van der Waals surface area (Å²) in [6.45, 7) is 0.584. The van der Waals surface area contributed by atoms with E-state index in [1.54, 1.807) is 18.2 Å². The minimum absolute atomic E-state index is 0.0555. The van der Waals surface area contributed by atoms with Gasteiger partial charge in [0.1, 0.15) is 12.1 Å². The van der Waals surface area contributed by atoms with Crippen molar-refractivity contribution < 1.29 is 27.9 Å². The number of carboxylic acid groups (broad SMARTS) is 1. The lowest BCUT2D eigenvalue weighted by Gasteiger charge is -2.25. The first-order valence-corrected chi connectivity index (χ1v) is 12.3. The second-order valence-electron chi connectivity index (χ2n) is 7.67. The minimum Gasteiger partial charge on any atom is -0.480 e. The van der Waals surface area contributed by atoms with Gasteiger partial charge in [0.15, 0.2) is 5.96 Å². The van der Waals surface area contributed by atoms with Gasteiger partial charge in [-0.2, -0.15) is 4.31 Å². The van der Waals surface area contributed by atoms with Crippen LogP contribution in [0.5, 0.6) is 0 Å². The van der Waals surface area contributed by atoms with Crippen molar-refractivity contribution in [3.05, 3.63) is 30.3 Å². The Morgan fingerprint density at radius 3 is 2.38 bits per heavy atom. The number of carbonyl (C=O) groups is 3. The largest absolute Gasteiger partial charge is 0.480 e. The van der Waals surface area contributed by atoms with Gasteiger partial charge in [-0.1, -0.05) is 18.2 Å². The van der Waals surface area contributed by atoms with Crippen molar-refractivity contribution in [1.29, 1.82) is 5.41 Å². The topological polar surface area (TPSA) is 207 Å². The van der Waals surface area contributed by atoms with Crippen molar-refractivity contribution in [1.82, 2.24) is 25.6 Å². The van der Waals surface area contributed by atoms with Crippen molar-refractivity contribution >= 4 is 33.9 Å². The number of guanidine groups is 1. The lowest BCUT2D eigenvalue weighted by atomic mass is 10.2. The number of urea groups is 1. The lowest BCUT2D eigenvalue weighted by Crippen LogP contribution is -2.54. The number of nitrogens with zero attached hydrogens (tertiary/aromatic N) is 1. The Balaban J connectivity index is 1.86. The monoisotopic (exact) mass is 497 g/mol. The van der Waals surface area contributed by atoms with Crippen molar-refractivity contribution in [2.24, 2.45) is 5.73 Å². The molecule has 1 aromatic rings. The molecule has 0 radical (unpaired) electrons. The molecule has 188 valence electrons. The van der Waals surface area contributed by atoms with Crippen LogP contribution in [0.2, 0.25) is 0 Å². The summed E-state index contributed by atoms with van der Waals surface area (Å²) in [5, 5.41) is 26.4. The van der Waals surface area contributed by atoms with Gasteiger partial charge in [0.05, 0.1) is 11.4 Å². The zero-order valence-corrected chi connectivity index (χ0v) is 19.4. The van der Waals surface area contributed by atoms with Crippen molar-refractivity contribution in [2.45, 2.75) is 42.7 Å². The maximum atomic E-state index is 12.9. The lowest BCUT2D eigenvalue weighted by molar-refractivity contribution is -0.142. The summed E-state index contributed by atoms with van der Waals surface area (Å²) in [7, 11) is -3.91. The van der Waals surface area contributed by atoms with Gasteiger partial charge in [0, 0.05) is 19.6 Å². The van der Waals surface area contributed by atoms with Crippen LogP contribution in [0.4, 0.5) is 4.79 Å². The van der Waals surface area contributed by atoms with E-state index in [1.165, 1.54) is 12.1 Å². The Kier molecular flexibility index (Phi) is 10.1. The first-order chi connectivity index (χ1) is 16.1. The van der Waals surface area contributed by atoms with E-state index < -0.39 is 40.0 Å². The van der Waals surface area contributed by atoms with E-state index in [0.29, 0.717) is 32.4 Å². The molecule has 2 atom stereocenters. The molecule has 1 aliphatic heterocycles. The molecule has 14 heteroatoms. The fraction of sp³-hybridized carbons (Fsp3) is 0.500. The molecule has 2 rings (SSSR count). The van der Waals surface area contributed by atoms with E-state index in [-0.39, 0.29) is 30.4 Å². The molecule has 0 aliphatic carbocycles. The highest BCUT2D eigenvalue weighted by Gasteiger charge is 2.40. The maximum Gasteiger partial charge on any atom is 0.328 e. The third-order valence-corrected chi connectivity index (χ3v) is 7.06. The Morgan fingerprint density at radius 2 is 1.76 bits per heavy atom. The number of aliphatic carboxylic acids is 1. The molecule has 2 unspecified atom stereocenters.